The molecular formula is C15H20N2O4. The number of carbonyl (C=O) groups is 1. The van der Waals surface area contributed by atoms with Crippen molar-refractivity contribution in [2.24, 2.45) is 11.7 Å². The van der Waals surface area contributed by atoms with Gasteiger partial charge in [0.15, 0.2) is 0 Å². The van der Waals surface area contributed by atoms with Gasteiger partial charge in [0.05, 0.1) is 26.4 Å². The molecular weight excluding hydrogens is 272 g/mol. The number of amides is 1. The number of nitrogens with one attached hydrogen (secondary N) is 1. The van der Waals surface area contributed by atoms with E-state index in [0.29, 0.717) is 23.0 Å². The zero-order chi connectivity index (χ0) is 15.0. The van der Waals surface area contributed by atoms with Gasteiger partial charge in [-0.25, -0.2) is 0 Å². The number of fused-ring (bicyclic) bond motifs is 1. The van der Waals surface area contributed by atoms with Crippen molar-refractivity contribution in [1.29, 1.82) is 0 Å². The molecule has 1 aliphatic heterocycles. The number of benzene rings is 1. The summed E-state index contributed by atoms with van der Waals surface area (Å²) in [4.78, 5) is 12.4. The maximum absolute atomic E-state index is 12.4. The van der Waals surface area contributed by atoms with Crippen LogP contribution in [0.5, 0.6) is 11.5 Å². The fourth-order valence-corrected chi connectivity index (χ4v) is 3.10. The highest BCUT2D eigenvalue weighted by atomic mass is 16.5. The van der Waals surface area contributed by atoms with Crippen molar-refractivity contribution < 1.29 is 19.0 Å². The first-order chi connectivity index (χ1) is 10.1. The minimum Gasteiger partial charge on any atom is -0.497 e. The lowest BCUT2D eigenvalue weighted by Gasteiger charge is -2.45. The van der Waals surface area contributed by atoms with E-state index < -0.39 is 0 Å². The summed E-state index contributed by atoms with van der Waals surface area (Å²) in [5.41, 5.74) is 6.59. The van der Waals surface area contributed by atoms with Crippen LogP contribution in [0.4, 0.5) is 0 Å². The van der Waals surface area contributed by atoms with Crippen molar-refractivity contribution in [3.8, 4) is 11.5 Å². The summed E-state index contributed by atoms with van der Waals surface area (Å²) in [5.74, 6) is 1.33. The van der Waals surface area contributed by atoms with Gasteiger partial charge in [-0.2, -0.15) is 0 Å². The summed E-state index contributed by atoms with van der Waals surface area (Å²) in [6.45, 7) is 0.725. The molecule has 6 heteroatoms. The molecule has 6 nitrogen and oxygen atoms in total. The highest BCUT2D eigenvalue weighted by Gasteiger charge is 2.52. The molecule has 1 aromatic carbocycles. The fraction of sp³-hybridized carbons (Fsp3) is 0.533. The summed E-state index contributed by atoms with van der Waals surface area (Å²) in [6, 6.07) is 4.92. The fourth-order valence-electron chi connectivity index (χ4n) is 3.10. The molecule has 1 amide bonds. The summed E-state index contributed by atoms with van der Waals surface area (Å²) in [6.07, 6.45) is 1.03. The van der Waals surface area contributed by atoms with E-state index in [9.17, 15) is 4.79 Å². The van der Waals surface area contributed by atoms with E-state index in [1.165, 1.54) is 0 Å². The van der Waals surface area contributed by atoms with E-state index >= 15 is 0 Å². The van der Waals surface area contributed by atoms with Crippen LogP contribution < -0.4 is 20.5 Å². The maximum atomic E-state index is 12.4. The number of carbonyl (C=O) groups excluding carboxylic acids is 1. The second-order valence-electron chi connectivity index (χ2n) is 5.47. The Balaban J connectivity index is 1.73. The first kappa shape index (κ1) is 14.2. The molecule has 4 unspecified atom stereocenters. The van der Waals surface area contributed by atoms with Gasteiger partial charge in [0.2, 0.25) is 0 Å². The third kappa shape index (κ3) is 2.45. The van der Waals surface area contributed by atoms with Crippen LogP contribution in [0.25, 0.3) is 0 Å². The third-order valence-electron chi connectivity index (χ3n) is 4.36. The zero-order valence-electron chi connectivity index (χ0n) is 12.2. The van der Waals surface area contributed by atoms with Gasteiger partial charge in [-0.3, -0.25) is 4.79 Å². The molecule has 2 fully saturated rings. The Morgan fingerprint density at radius 1 is 1.29 bits per heavy atom. The van der Waals surface area contributed by atoms with Crippen LogP contribution in [0.2, 0.25) is 0 Å². The Hall–Kier alpha value is -1.79. The smallest absolute Gasteiger partial charge is 0.251 e. The van der Waals surface area contributed by atoms with Crippen LogP contribution in [-0.2, 0) is 4.74 Å². The lowest BCUT2D eigenvalue weighted by Crippen LogP contribution is -2.68. The summed E-state index contributed by atoms with van der Waals surface area (Å²) in [5, 5.41) is 2.96. The Kier molecular flexibility index (Phi) is 3.73. The molecule has 1 heterocycles. The van der Waals surface area contributed by atoms with Gasteiger partial charge in [0.25, 0.3) is 5.91 Å². The van der Waals surface area contributed by atoms with Crippen molar-refractivity contribution in [3.63, 3.8) is 0 Å². The van der Waals surface area contributed by atoms with Gasteiger partial charge >= 0.3 is 0 Å². The molecule has 3 rings (SSSR count). The highest BCUT2D eigenvalue weighted by molar-refractivity contribution is 5.95. The van der Waals surface area contributed by atoms with Crippen molar-refractivity contribution in [1.82, 2.24) is 5.32 Å². The quantitative estimate of drug-likeness (QED) is 0.847. The number of ether oxygens (including phenoxy) is 3. The highest BCUT2D eigenvalue weighted by Crippen LogP contribution is 2.38. The molecule has 1 saturated heterocycles. The average Bonchev–Trinajstić information content (AvgIpc) is 2.96. The van der Waals surface area contributed by atoms with Gasteiger partial charge in [-0.05, 0) is 18.6 Å². The molecule has 0 aromatic heterocycles. The third-order valence-corrected chi connectivity index (χ3v) is 4.36. The second kappa shape index (κ2) is 5.54. The molecule has 1 aromatic rings. The number of nitrogens with two attached hydrogens (primary N) is 1. The lowest BCUT2D eigenvalue weighted by atomic mass is 9.72. The van der Waals surface area contributed by atoms with E-state index in [1.54, 1.807) is 32.4 Å². The van der Waals surface area contributed by atoms with Gasteiger partial charge < -0.3 is 25.3 Å². The van der Waals surface area contributed by atoms with Crippen molar-refractivity contribution in [2.45, 2.75) is 24.6 Å². The van der Waals surface area contributed by atoms with Crippen molar-refractivity contribution in [2.75, 3.05) is 20.8 Å². The Morgan fingerprint density at radius 2 is 1.95 bits per heavy atom. The summed E-state index contributed by atoms with van der Waals surface area (Å²) in [7, 11) is 3.10. The molecule has 114 valence electrons. The molecule has 1 saturated carbocycles. The van der Waals surface area contributed by atoms with E-state index in [1.807, 2.05) is 0 Å². The number of hydrogen-bond acceptors (Lipinski definition) is 5. The van der Waals surface area contributed by atoms with Gasteiger partial charge in [-0.15, -0.1) is 0 Å². The van der Waals surface area contributed by atoms with Crippen LogP contribution in [0.3, 0.4) is 0 Å². The van der Waals surface area contributed by atoms with Crippen LogP contribution in [0.1, 0.15) is 16.8 Å². The predicted octanol–water partition coefficient (Wildman–Crippen LogP) is 0.548. The first-order valence-electron chi connectivity index (χ1n) is 7.05. The normalized spacial score (nSPS) is 30.2. The summed E-state index contributed by atoms with van der Waals surface area (Å²) >= 11 is 0. The maximum Gasteiger partial charge on any atom is 0.251 e. The topological polar surface area (TPSA) is 82.8 Å². The first-order valence-corrected chi connectivity index (χ1v) is 7.05. The minimum absolute atomic E-state index is 0.0334. The lowest BCUT2D eigenvalue weighted by molar-refractivity contribution is -0.0161. The number of rotatable bonds is 4. The molecule has 4 atom stereocenters. The van der Waals surface area contributed by atoms with Crippen molar-refractivity contribution in [3.05, 3.63) is 23.8 Å². The van der Waals surface area contributed by atoms with E-state index in [4.69, 9.17) is 19.9 Å². The number of methoxy groups -OCH3 is 2. The Morgan fingerprint density at radius 3 is 2.57 bits per heavy atom. The molecule has 0 spiro atoms. The van der Waals surface area contributed by atoms with E-state index in [0.717, 1.165) is 13.0 Å². The molecule has 1 aliphatic carbocycles. The molecule has 0 radical (unpaired) electrons. The van der Waals surface area contributed by atoms with Crippen LogP contribution in [0.15, 0.2) is 18.2 Å². The standard InChI is InChI=1S/C15H20N2O4/c1-19-9-5-8(6-10(7-9)20-2)15(18)17-13-12(16)11-3-4-21-14(11)13/h5-7,11-14H,3-4,16H2,1-2H3,(H,17,18). The van der Waals surface area contributed by atoms with Crippen molar-refractivity contribution >= 4 is 5.91 Å². The van der Waals surface area contributed by atoms with E-state index in [2.05, 4.69) is 5.32 Å². The van der Waals surface area contributed by atoms with Crippen LogP contribution in [-0.4, -0.2) is 44.9 Å². The molecule has 21 heavy (non-hydrogen) atoms. The largest absolute Gasteiger partial charge is 0.497 e. The molecule has 0 bridgehead atoms. The Labute approximate surface area is 123 Å². The average molecular weight is 292 g/mol. The zero-order valence-corrected chi connectivity index (χ0v) is 12.2. The second-order valence-corrected chi connectivity index (χ2v) is 5.47. The van der Waals surface area contributed by atoms with Gasteiger partial charge in [-0.1, -0.05) is 0 Å². The monoisotopic (exact) mass is 292 g/mol. The minimum atomic E-state index is -0.193. The predicted molar refractivity (Wildman–Crippen MR) is 76.6 cm³/mol. The molecule has 2 aliphatic rings. The van der Waals surface area contributed by atoms with Gasteiger partial charge in [0.1, 0.15) is 11.5 Å². The number of hydrogen-bond donors (Lipinski definition) is 2. The van der Waals surface area contributed by atoms with Crippen LogP contribution in [0, 0.1) is 5.92 Å². The van der Waals surface area contributed by atoms with Gasteiger partial charge in [0, 0.05) is 30.2 Å². The Bertz CT molecular complexity index is 526. The molecule has 3 N–H and O–H groups in total. The van der Waals surface area contributed by atoms with Crippen LogP contribution >= 0.6 is 0 Å². The van der Waals surface area contributed by atoms with E-state index in [-0.39, 0.29) is 24.1 Å². The summed E-state index contributed by atoms with van der Waals surface area (Å²) < 4.78 is 16.0. The SMILES string of the molecule is COc1cc(OC)cc(C(=O)NC2C(N)C3CCOC32)c1.